The molecule has 1 rings (SSSR count). The summed E-state index contributed by atoms with van der Waals surface area (Å²) < 4.78 is 25.7. The second-order valence-corrected chi connectivity index (χ2v) is 3.26. The van der Waals surface area contributed by atoms with Crippen molar-refractivity contribution < 1.29 is 13.6 Å². The minimum atomic E-state index is -0.679. The predicted molar refractivity (Wildman–Crippen MR) is 53.4 cm³/mol. The number of hydrogen-bond donors (Lipinski definition) is 1. The molecule has 0 saturated heterocycles. The van der Waals surface area contributed by atoms with Gasteiger partial charge in [-0.2, -0.15) is 0 Å². The number of carbonyl (C=O) groups excluding carboxylic acids is 1. The lowest BCUT2D eigenvalue weighted by atomic mass is 10.1. The maximum absolute atomic E-state index is 13.1. The second kappa shape index (κ2) is 5.44. The van der Waals surface area contributed by atoms with E-state index in [1.807, 2.05) is 6.92 Å². The van der Waals surface area contributed by atoms with Gasteiger partial charge in [-0.3, -0.25) is 4.79 Å². The van der Waals surface area contributed by atoms with Gasteiger partial charge in [-0.1, -0.05) is 13.0 Å². The van der Waals surface area contributed by atoms with Crippen LogP contribution in [0.5, 0.6) is 0 Å². The predicted octanol–water partition coefficient (Wildman–Crippen LogP) is 2.03. The van der Waals surface area contributed by atoms with Crippen LogP contribution >= 0.6 is 0 Å². The Bertz CT molecular complexity index is 352. The molecule has 0 radical (unpaired) electrons. The zero-order valence-corrected chi connectivity index (χ0v) is 8.52. The molecule has 0 spiro atoms. The Balaban J connectivity index is 2.60. The molecule has 1 aromatic carbocycles. The fourth-order valence-corrected chi connectivity index (χ4v) is 1.16. The fraction of sp³-hybridized carbons (Fsp3) is 0.364. The summed E-state index contributed by atoms with van der Waals surface area (Å²) in [6.45, 7) is 2.50. The summed E-state index contributed by atoms with van der Waals surface area (Å²) in [5.41, 5.74) is 0.213. The standard InChI is InChI=1S/C11H13F2NO/c1-2-5-14-11(15)6-8-3-4-9(12)7-10(8)13/h3-4,7H,2,5-6H2,1H3,(H,14,15). The normalized spacial score (nSPS) is 10.1. The van der Waals surface area contributed by atoms with Gasteiger partial charge in [-0.15, -0.1) is 0 Å². The largest absolute Gasteiger partial charge is 0.356 e. The molecule has 2 nitrogen and oxygen atoms in total. The molecule has 0 heterocycles. The molecule has 1 aromatic rings. The molecule has 0 aliphatic carbocycles. The number of rotatable bonds is 4. The molecule has 0 fully saturated rings. The summed E-state index contributed by atoms with van der Waals surface area (Å²) in [7, 11) is 0. The van der Waals surface area contributed by atoms with E-state index in [1.165, 1.54) is 6.07 Å². The number of hydrogen-bond acceptors (Lipinski definition) is 1. The minimum Gasteiger partial charge on any atom is -0.356 e. The first-order valence-electron chi connectivity index (χ1n) is 4.84. The molecule has 0 aliphatic rings. The molecule has 0 unspecified atom stereocenters. The highest BCUT2D eigenvalue weighted by atomic mass is 19.1. The Hall–Kier alpha value is -1.45. The molecule has 0 saturated carbocycles. The van der Waals surface area contributed by atoms with Gasteiger partial charge in [0.15, 0.2) is 0 Å². The van der Waals surface area contributed by atoms with Crippen molar-refractivity contribution in [3.05, 3.63) is 35.4 Å². The van der Waals surface area contributed by atoms with Gasteiger partial charge in [0.05, 0.1) is 6.42 Å². The van der Waals surface area contributed by atoms with E-state index in [0.29, 0.717) is 6.54 Å². The average molecular weight is 213 g/mol. The summed E-state index contributed by atoms with van der Waals surface area (Å²) in [4.78, 5) is 11.2. The van der Waals surface area contributed by atoms with Gasteiger partial charge in [0, 0.05) is 12.6 Å². The van der Waals surface area contributed by atoms with Crippen molar-refractivity contribution in [1.29, 1.82) is 0 Å². The lowest BCUT2D eigenvalue weighted by molar-refractivity contribution is -0.120. The quantitative estimate of drug-likeness (QED) is 0.814. The molecule has 82 valence electrons. The summed E-state index contributed by atoms with van der Waals surface area (Å²) in [5.74, 6) is -1.56. The Morgan fingerprint density at radius 3 is 2.73 bits per heavy atom. The lowest BCUT2D eigenvalue weighted by Crippen LogP contribution is -2.26. The molecule has 15 heavy (non-hydrogen) atoms. The highest BCUT2D eigenvalue weighted by Crippen LogP contribution is 2.09. The summed E-state index contributed by atoms with van der Waals surface area (Å²) >= 11 is 0. The van der Waals surface area contributed by atoms with E-state index in [2.05, 4.69) is 5.32 Å². The fourth-order valence-electron chi connectivity index (χ4n) is 1.16. The number of amides is 1. The highest BCUT2D eigenvalue weighted by molar-refractivity contribution is 5.78. The molecular formula is C11H13F2NO. The van der Waals surface area contributed by atoms with Crippen molar-refractivity contribution in [2.24, 2.45) is 0 Å². The maximum atomic E-state index is 13.1. The van der Waals surface area contributed by atoms with E-state index >= 15 is 0 Å². The Morgan fingerprint density at radius 1 is 1.40 bits per heavy atom. The Morgan fingerprint density at radius 2 is 2.13 bits per heavy atom. The van der Waals surface area contributed by atoms with Crippen molar-refractivity contribution in [3.8, 4) is 0 Å². The molecule has 0 atom stereocenters. The molecule has 0 aromatic heterocycles. The van der Waals surface area contributed by atoms with Gasteiger partial charge in [0.25, 0.3) is 0 Å². The Kier molecular flexibility index (Phi) is 4.21. The number of benzene rings is 1. The maximum Gasteiger partial charge on any atom is 0.224 e. The summed E-state index contributed by atoms with van der Waals surface area (Å²) in [5, 5.41) is 2.62. The lowest BCUT2D eigenvalue weighted by Gasteiger charge is -2.04. The van der Waals surface area contributed by atoms with E-state index in [-0.39, 0.29) is 17.9 Å². The third kappa shape index (κ3) is 3.65. The molecule has 4 heteroatoms. The van der Waals surface area contributed by atoms with E-state index in [9.17, 15) is 13.6 Å². The van der Waals surface area contributed by atoms with Gasteiger partial charge in [0.1, 0.15) is 11.6 Å². The first kappa shape index (κ1) is 11.6. The topological polar surface area (TPSA) is 29.1 Å². The van der Waals surface area contributed by atoms with Crippen LogP contribution < -0.4 is 5.32 Å². The van der Waals surface area contributed by atoms with E-state index in [0.717, 1.165) is 18.6 Å². The smallest absolute Gasteiger partial charge is 0.224 e. The average Bonchev–Trinajstić information content (AvgIpc) is 2.19. The number of carbonyl (C=O) groups is 1. The first-order valence-corrected chi connectivity index (χ1v) is 4.84. The SMILES string of the molecule is CCCNC(=O)Cc1ccc(F)cc1F. The van der Waals surface area contributed by atoms with E-state index < -0.39 is 11.6 Å². The molecule has 1 N–H and O–H groups in total. The highest BCUT2D eigenvalue weighted by Gasteiger charge is 2.08. The van der Waals surface area contributed by atoms with Crippen molar-refractivity contribution in [3.63, 3.8) is 0 Å². The van der Waals surface area contributed by atoms with Crippen LogP contribution in [0.15, 0.2) is 18.2 Å². The van der Waals surface area contributed by atoms with E-state index in [1.54, 1.807) is 0 Å². The van der Waals surface area contributed by atoms with Gasteiger partial charge in [-0.25, -0.2) is 8.78 Å². The van der Waals surface area contributed by atoms with Crippen LogP contribution in [0.3, 0.4) is 0 Å². The number of nitrogens with one attached hydrogen (secondary N) is 1. The minimum absolute atomic E-state index is 0.0495. The molecule has 1 amide bonds. The summed E-state index contributed by atoms with van der Waals surface area (Å²) in [6.07, 6.45) is 0.782. The number of halogens is 2. The van der Waals surface area contributed by atoms with Crippen LogP contribution in [0.4, 0.5) is 8.78 Å². The second-order valence-electron chi connectivity index (χ2n) is 3.26. The van der Waals surface area contributed by atoms with Crippen molar-refractivity contribution in [2.75, 3.05) is 6.54 Å². The van der Waals surface area contributed by atoms with Crippen LogP contribution in [0.25, 0.3) is 0 Å². The summed E-state index contributed by atoms with van der Waals surface area (Å²) in [6, 6.07) is 3.21. The van der Waals surface area contributed by atoms with Gasteiger partial charge in [-0.05, 0) is 18.1 Å². The van der Waals surface area contributed by atoms with Crippen LogP contribution in [0.1, 0.15) is 18.9 Å². The van der Waals surface area contributed by atoms with Crippen LogP contribution in [0, 0.1) is 11.6 Å². The van der Waals surface area contributed by atoms with Gasteiger partial charge < -0.3 is 5.32 Å². The van der Waals surface area contributed by atoms with Crippen LogP contribution in [-0.4, -0.2) is 12.5 Å². The van der Waals surface area contributed by atoms with E-state index in [4.69, 9.17) is 0 Å². The van der Waals surface area contributed by atoms with Crippen molar-refractivity contribution >= 4 is 5.91 Å². The van der Waals surface area contributed by atoms with Gasteiger partial charge >= 0.3 is 0 Å². The van der Waals surface area contributed by atoms with Crippen LogP contribution in [-0.2, 0) is 11.2 Å². The Labute approximate surface area is 87.3 Å². The van der Waals surface area contributed by atoms with Gasteiger partial charge in [0.2, 0.25) is 5.91 Å². The zero-order chi connectivity index (χ0) is 11.3. The first-order chi connectivity index (χ1) is 7.13. The third-order valence-electron chi connectivity index (χ3n) is 1.94. The molecular weight excluding hydrogens is 200 g/mol. The van der Waals surface area contributed by atoms with Crippen LogP contribution in [0.2, 0.25) is 0 Å². The van der Waals surface area contributed by atoms with Crippen molar-refractivity contribution in [2.45, 2.75) is 19.8 Å². The van der Waals surface area contributed by atoms with Crippen molar-refractivity contribution in [1.82, 2.24) is 5.32 Å². The molecule has 0 bridgehead atoms. The monoisotopic (exact) mass is 213 g/mol. The molecule has 0 aliphatic heterocycles. The zero-order valence-electron chi connectivity index (χ0n) is 8.52. The third-order valence-corrected chi connectivity index (χ3v) is 1.94.